The zero-order chi connectivity index (χ0) is 18.6. The van der Waals surface area contributed by atoms with Crippen LogP contribution in [0.1, 0.15) is 52.7 Å². The average molecular weight is 362 g/mol. The monoisotopic (exact) mass is 362 g/mol. The highest BCUT2D eigenvalue weighted by molar-refractivity contribution is 7.13. The van der Waals surface area contributed by atoms with Gasteiger partial charge in [0.2, 0.25) is 0 Å². The van der Waals surface area contributed by atoms with Gasteiger partial charge >= 0.3 is 0 Å². The van der Waals surface area contributed by atoms with E-state index in [4.69, 9.17) is 9.47 Å². The van der Waals surface area contributed by atoms with E-state index in [9.17, 15) is 4.79 Å². The van der Waals surface area contributed by atoms with Gasteiger partial charge in [0.15, 0.2) is 0 Å². The van der Waals surface area contributed by atoms with Crippen LogP contribution in [0.2, 0.25) is 0 Å². The Morgan fingerprint density at radius 3 is 2.56 bits per heavy atom. The van der Waals surface area contributed by atoms with Crippen LogP contribution in [0.15, 0.2) is 18.2 Å². The molecule has 0 radical (unpaired) electrons. The topological polar surface area (TPSA) is 60.5 Å². The van der Waals surface area contributed by atoms with Crippen molar-refractivity contribution >= 4 is 17.2 Å². The van der Waals surface area contributed by atoms with Gasteiger partial charge in [0, 0.05) is 18.1 Å². The van der Waals surface area contributed by atoms with Gasteiger partial charge in [-0.3, -0.25) is 4.79 Å². The predicted molar refractivity (Wildman–Crippen MR) is 101 cm³/mol. The van der Waals surface area contributed by atoms with E-state index in [-0.39, 0.29) is 11.9 Å². The number of aryl methyl sites for hydroxylation is 1. The first kappa shape index (κ1) is 19.2. The van der Waals surface area contributed by atoms with Crippen molar-refractivity contribution in [3.05, 3.63) is 39.3 Å². The fourth-order valence-corrected chi connectivity index (χ4v) is 3.80. The van der Waals surface area contributed by atoms with E-state index in [1.807, 2.05) is 32.0 Å². The van der Waals surface area contributed by atoms with Gasteiger partial charge in [-0.15, -0.1) is 11.3 Å². The number of amides is 1. The molecule has 1 amide bonds. The molecule has 6 heteroatoms. The van der Waals surface area contributed by atoms with Crippen molar-refractivity contribution in [1.29, 1.82) is 0 Å². The Hall–Kier alpha value is -2.08. The van der Waals surface area contributed by atoms with E-state index in [0.717, 1.165) is 28.4 Å². The summed E-state index contributed by atoms with van der Waals surface area (Å²) in [6.07, 6.45) is 0.890. The molecule has 5 nitrogen and oxygen atoms in total. The van der Waals surface area contributed by atoms with Gasteiger partial charge in [0.25, 0.3) is 5.91 Å². The van der Waals surface area contributed by atoms with Gasteiger partial charge in [-0.25, -0.2) is 4.98 Å². The Morgan fingerprint density at radius 2 is 1.96 bits per heavy atom. The van der Waals surface area contributed by atoms with Gasteiger partial charge in [-0.2, -0.15) is 0 Å². The zero-order valence-corrected chi connectivity index (χ0v) is 16.5. The minimum Gasteiger partial charge on any atom is -0.497 e. The normalized spacial score (nSPS) is 12.1. The largest absolute Gasteiger partial charge is 0.497 e. The molecule has 1 aromatic carbocycles. The lowest BCUT2D eigenvalue weighted by atomic mass is 10.1. The van der Waals surface area contributed by atoms with Crippen LogP contribution in [-0.2, 0) is 6.42 Å². The Kier molecular flexibility index (Phi) is 6.42. The Labute approximate surface area is 153 Å². The predicted octanol–water partition coefficient (Wildman–Crippen LogP) is 4.16. The number of methoxy groups -OCH3 is 2. The molecule has 2 rings (SSSR count). The van der Waals surface area contributed by atoms with E-state index in [1.54, 1.807) is 14.2 Å². The summed E-state index contributed by atoms with van der Waals surface area (Å²) >= 11 is 1.47. The van der Waals surface area contributed by atoms with Gasteiger partial charge < -0.3 is 14.8 Å². The fraction of sp³-hybridized carbons (Fsp3) is 0.474. The maximum atomic E-state index is 12.7. The van der Waals surface area contributed by atoms with E-state index in [1.165, 1.54) is 11.3 Å². The number of nitrogens with one attached hydrogen (secondary N) is 1. The molecule has 0 saturated carbocycles. The molecule has 0 bridgehead atoms. The van der Waals surface area contributed by atoms with Crippen LogP contribution in [0.25, 0.3) is 0 Å². The van der Waals surface area contributed by atoms with Crippen LogP contribution >= 0.6 is 11.3 Å². The van der Waals surface area contributed by atoms with E-state index in [2.05, 4.69) is 24.1 Å². The van der Waals surface area contributed by atoms with Gasteiger partial charge in [0.05, 0.1) is 31.0 Å². The lowest BCUT2D eigenvalue weighted by Gasteiger charge is -2.17. The third kappa shape index (κ3) is 4.72. The highest BCUT2D eigenvalue weighted by Gasteiger charge is 2.20. The van der Waals surface area contributed by atoms with E-state index < -0.39 is 0 Å². The summed E-state index contributed by atoms with van der Waals surface area (Å²) in [6.45, 7) is 8.12. The van der Waals surface area contributed by atoms with Gasteiger partial charge in [-0.1, -0.05) is 13.8 Å². The quantitative estimate of drug-likeness (QED) is 0.803. The molecule has 0 aliphatic carbocycles. The summed E-state index contributed by atoms with van der Waals surface area (Å²) in [6, 6.07) is 5.39. The smallest absolute Gasteiger partial charge is 0.263 e. The number of rotatable bonds is 7. The third-order valence-corrected chi connectivity index (χ3v) is 5.06. The van der Waals surface area contributed by atoms with E-state index in [0.29, 0.717) is 16.5 Å². The molecular weight excluding hydrogens is 336 g/mol. The first-order valence-electron chi connectivity index (χ1n) is 8.34. The molecule has 2 aromatic rings. The summed E-state index contributed by atoms with van der Waals surface area (Å²) in [5.41, 5.74) is 1.69. The lowest BCUT2D eigenvalue weighted by Crippen LogP contribution is -2.26. The Balaban J connectivity index is 2.16. The maximum absolute atomic E-state index is 12.7. The number of ether oxygens (including phenoxy) is 2. The van der Waals surface area contributed by atoms with Crippen LogP contribution in [0.3, 0.4) is 0 Å². The maximum Gasteiger partial charge on any atom is 0.263 e. The number of hydrogen-bond acceptors (Lipinski definition) is 5. The molecule has 0 spiro atoms. The summed E-state index contributed by atoms with van der Waals surface area (Å²) in [4.78, 5) is 17.9. The molecule has 0 saturated heterocycles. The first-order valence-corrected chi connectivity index (χ1v) is 9.16. The van der Waals surface area contributed by atoms with E-state index >= 15 is 0 Å². The molecule has 1 unspecified atom stereocenters. The van der Waals surface area contributed by atoms with Crippen LogP contribution in [-0.4, -0.2) is 25.1 Å². The van der Waals surface area contributed by atoms with Crippen LogP contribution in [0.5, 0.6) is 11.5 Å². The SMILES string of the molecule is COc1ccc(C(C)NC(=O)c2sc(CC(C)C)nc2C)c(OC)c1. The molecule has 0 fully saturated rings. The van der Waals surface area contributed by atoms with Crippen molar-refractivity contribution in [3.8, 4) is 11.5 Å². The van der Waals surface area contributed by atoms with Crippen molar-refractivity contribution < 1.29 is 14.3 Å². The number of carbonyl (C=O) groups is 1. The van der Waals surface area contributed by atoms with Crippen molar-refractivity contribution in [2.45, 2.75) is 40.2 Å². The zero-order valence-electron chi connectivity index (χ0n) is 15.7. The van der Waals surface area contributed by atoms with Crippen molar-refractivity contribution in [2.75, 3.05) is 14.2 Å². The summed E-state index contributed by atoms with van der Waals surface area (Å²) in [5, 5.41) is 4.05. The lowest BCUT2D eigenvalue weighted by molar-refractivity contribution is 0.0943. The minimum atomic E-state index is -0.191. The number of nitrogens with zero attached hydrogens (tertiary/aromatic N) is 1. The van der Waals surface area contributed by atoms with Crippen molar-refractivity contribution in [1.82, 2.24) is 10.3 Å². The summed E-state index contributed by atoms with van der Waals surface area (Å²) < 4.78 is 10.6. The second-order valence-corrected chi connectivity index (χ2v) is 7.51. The Morgan fingerprint density at radius 1 is 1.24 bits per heavy atom. The number of thiazole rings is 1. The molecular formula is C19H26N2O3S. The molecule has 1 N–H and O–H groups in total. The molecule has 0 aliphatic heterocycles. The highest BCUT2D eigenvalue weighted by atomic mass is 32.1. The molecule has 1 aromatic heterocycles. The average Bonchev–Trinajstić information content (AvgIpc) is 2.93. The van der Waals surface area contributed by atoms with Gasteiger partial charge in [0.1, 0.15) is 16.4 Å². The molecule has 0 aliphatic rings. The number of benzene rings is 1. The first-order chi connectivity index (χ1) is 11.8. The second kappa shape index (κ2) is 8.34. The van der Waals surface area contributed by atoms with Crippen molar-refractivity contribution in [2.24, 2.45) is 5.92 Å². The molecule has 25 heavy (non-hydrogen) atoms. The van der Waals surface area contributed by atoms with Crippen molar-refractivity contribution in [3.63, 3.8) is 0 Å². The molecule has 1 atom stereocenters. The van der Waals surface area contributed by atoms with Crippen LogP contribution in [0, 0.1) is 12.8 Å². The number of aromatic nitrogens is 1. The number of carbonyl (C=O) groups excluding carboxylic acids is 1. The summed E-state index contributed by atoms with van der Waals surface area (Å²) in [5.74, 6) is 1.82. The third-order valence-electron chi connectivity index (χ3n) is 3.88. The highest BCUT2D eigenvalue weighted by Crippen LogP contribution is 2.30. The molecule has 136 valence electrons. The minimum absolute atomic E-state index is 0.102. The van der Waals surface area contributed by atoms with Crippen LogP contribution in [0.4, 0.5) is 0 Å². The number of hydrogen-bond donors (Lipinski definition) is 1. The standard InChI is InChI=1S/C19H26N2O3S/c1-11(2)9-17-20-13(4)18(25-17)19(22)21-12(3)15-8-7-14(23-5)10-16(15)24-6/h7-8,10-12H,9H2,1-6H3,(H,21,22). The van der Waals surface area contributed by atoms with Crippen LogP contribution < -0.4 is 14.8 Å². The second-order valence-electron chi connectivity index (χ2n) is 6.42. The summed E-state index contributed by atoms with van der Waals surface area (Å²) in [7, 11) is 3.22. The Bertz CT molecular complexity index is 740. The molecule has 1 heterocycles. The fourth-order valence-electron chi connectivity index (χ4n) is 2.62. The van der Waals surface area contributed by atoms with Gasteiger partial charge in [-0.05, 0) is 31.9 Å².